The minimum atomic E-state index is 0.200. The van der Waals surface area contributed by atoms with Crippen LogP contribution in [0, 0.1) is 13.8 Å². The van der Waals surface area contributed by atoms with Crippen LogP contribution < -0.4 is 25.4 Å². The number of methoxy groups -OCH3 is 2. The number of anilines is 3. The van der Waals surface area contributed by atoms with Crippen LogP contribution in [0.3, 0.4) is 0 Å². The maximum atomic E-state index is 5.53. The van der Waals surface area contributed by atoms with Crippen molar-refractivity contribution in [3.63, 3.8) is 0 Å². The zero-order valence-corrected chi connectivity index (χ0v) is 21.7. The lowest BCUT2D eigenvalue weighted by molar-refractivity contribution is 0.395. The summed E-state index contributed by atoms with van der Waals surface area (Å²) in [4.78, 5) is 17.4. The first-order valence-electron chi connectivity index (χ1n) is 11.3. The molecule has 12 heteroatoms. The molecule has 37 heavy (non-hydrogen) atoms. The second kappa shape index (κ2) is 11.9. The summed E-state index contributed by atoms with van der Waals surface area (Å²) < 4.78 is 12.5. The van der Waals surface area contributed by atoms with Gasteiger partial charge >= 0.3 is 0 Å². The first kappa shape index (κ1) is 25.5. The molecule has 0 spiro atoms. The van der Waals surface area contributed by atoms with Gasteiger partial charge in [-0.25, -0.2) is 19.6 Å². The van der Waals surface area contributed by atoms with Gasteiger partial charge in [-0.1, -0.05) is 12.1 Å². The van der Waals surface area contributed by atoms with Crippen molar-refractivity contribution in [2.75, 3.05) is 30.2 Å². The van der Waals surface area contributed by atoms with Gasteiger partial charge in [-0.2, -0.15) is 10.1 Å². The van der Waals surface area contributed by atoms with Crippen LogP contribution in [-0.2, 0) is 6.54 Å². The van der Waals surface area contributed by atoms with E-state index >= 15 is 0 Å². The van der Waals surface area contributed by atoms with Gasteiger partial charge in [0.1, 0.15) is 24.2 Å². The first-order valence-corrected chi connectivity index (χ1v) is 11.7. The number of hydrogen-bond donors (Lipinski definition) is 3. The summed E-state index contributed by atoms with van der Waals surface area (Å²) >= 11 is 5.53. The zero-order valence-electron chi connectivity index (χ0n) is 20.9. The van der Waals surface area contributed by atoms with E-state index in [2.05, 4.69) is 41.0 Å². The van der Waals surface area contributed by atoms with Crippen molar-refractivity contribution < 1.29 is 9.47 Å². The predicted octanol–water partition coefficient (Wildman–Crippen LogP) is 4.03. The Morgan fingerprint density at radius 3 is 2.35 bits per heavy atom. The first-order chi connectivity index (χ1) is 17.9. The van der Waals surface area contributed by atoms with Crippen LogP contribution in [0.5, 0.6) is 11.5 Å². The third-order valence-corrected chi connectivity index (χ3v) is 5.30. The van der Waals surface area contributed by atoms with Crippen molar-refractivity contribution in [2.45, 2.75) is 20.4 Å². The van der Waals surface area contributed by atoms with Crippen LogP contribution in [0.25, 0.3) is 0 Å². The monoisotopic (exact) mass is 517 g/mol. The molecule has 0 atom stereocenters. The number of nitrogens with zero attached hydrogens (tertiary/aromatic N) is 6. The zero-order chi connectivity index (χ0) is 26.2. The van der Waals surface area contributed by atoms with Crippen LogP contribution in [0.4, 0.5) is 17.3 Å². The van der Waals surface area contributed by atoms with Crippen LogP contribution in [-0.4, -0.2) is 50.0 Å². The lowest BCUT2D eigenvalue weighted by Crippen LogP contribution is -2.26. The van der Waals surface area contributed by atoms with Gasteiger partial charge in [0.25, 0.3) is 0 Å². The molecule has 4 rings (SSSR count). The minimum absolute atomic E-state index is 0.200. The van der Waals surface area contributed by atoms with Gasteiger partial charge in [0, 0.05) is 23.1 Å². The topological polar surface area (TPSA) is 123 Å². The average Bonchev–Trinajstić information content (AvgIpc) is 3.38. The normalized spacial score (nSPS) is 11.1. The molecular formula is C25H27N9O2S. The Hall–Kier alpha value is -4.58. The fourth-order valence-corrected chi connectivity index (χ4v) is 3.65. The summed E-state index contributed by atoms with van der Waals surface area (Å²) in [6, 6.07) is 15.1. The molecule has 0 amide bonds. The number of thiocarbonyl (C=S) groups is 1. The second-order valence-electron chi connectivity index (χ2n) is 7.97. The molecule has 11 nitrogen and oxygen atoms in total. The Morgan fingerprint density at radius 2 is 1.70 bits per heavy atom. The van der Waals surface area contributed by atoms with E-state index < -0.39 is 0 Å². The highest BCUT2D eigenvalue weighted by molar-refractivity contribution is 7.80. The van der Waals surface area contributed by atoms with Crippen molar-refractivity contribution in [2.24, 2.45) is 4.99 Å². The van der Waals surface area contributed by atoms with Crippen molar-refractivity contribution in [3.8, 4) is 11.5 Å². The summed E-state index contributed by atoms with van der Waals surface area (Å²) in [6.45, 7) is 4.42. The number of aliphatic imine (C=N–C) groups is 1. The molecule has 0 bridgehead atoms. The number of hydrogen-bond acceptors (Lipinski definition) is 7. The van der Waals surface area contributed by atoms with Gasteiger partial charge in [0.15, 0.2) is 0 Å². The van der Waals surface area contributed by atoms with E-state index in [4.69, 9.17) is 21.7 Å². The number of benzene rings is 2. The highest BCUT2D eigenvalue weighted by Crippen LogP contribution is 2.29. The Balaban J connectivity index is 1.55. The highest BCUT2D eigenvalue weighted by atomic mass is 32.1. The molecule has 0 aliphatic rings. The Kier molecular flexibility index (Phi) is 8.21. The number of rotatable bonds is 7. The van der Waals surface area contributed by atoms with E-state index in [1.807, 2.05) is 44.2 Å². The molecule has 0 unspecified atom stereocenters. The summed E-state index contributed by atoms with van der Waals surface area (Å²) in [6.07, 6.45) is 3.19. The third kappa shape index (κ3) is 7.21. The quantitative estimate of drug-likeness (QED) is 0.188. The molecule has 0 saturated carbocycles. The SMILES string of the molecule is COc1ccc(NC(=S)/N=C(\Nc2ccc(Cn3cncn3)cc2)Nc2nc(C)cc(C)n2)c(OC)c1. The fraction of sp³-hybridized carbons (Fsp3) is 0.200. The van der Waals surface area contributed by atoms with Gasteiger partial charge in [-0.15, -0.1) is 0 Å². The molecule has 2 heterocycles. The molecule has 0 radical (unpaired) electrons. The Bertz CT molecular complexity index is 1370. The maximum absolute atomic E-state index is 5.53. The molecule has 4 aromatic rings. The standard InChI is InChI=1S/C25H27N9O2S/c1-16-11-17(2)29-23(28-16)32-24(30-19-7-5-18(6-8-19)13-34-15-26-14-27-34)33-25(37)31-21-10-9-20(35-3)12-22(21)36-4/h5-12,14-15H,13H2,1-4H3,(H3,28,29,30,31,32,33,37). The predicted molar refractivity (Wildman–Crippen MR) is 148 cm³/mol. The summed E-state index contributed by atoms with van der Waals surface area (Å²) in [7, 11) is 3.17. The number of ether oxygens (including phenoxy) is 2. The van der Waals surface area contributed by atoms with E-state index in [-0.39, 0.29) is 5.11 Å². The van der Waals surface area contributed by atoms with E-state index in [9.17, 15) is 0 Å². The molecule has 0 aliphatic carbocycles. The number of nitrogens with one attached hydrogen (secondary N) is 3. The average molecular weight is 518 g/mol. The summed E-state index contributed by atoms with van der Waals surface area (Å²) in [5.74, 6) is 1.98. The maximum Gasteiger partial charge on any atom is 0.229 e. The van der Waals surface area contributed by atoms with Crippen molar-refractivity contribution in [3.05, 3.63) is 78.1 Å². The third-order valence-electron chi connectivity index (χ3n) is 5.10. The molecule has 2 aromatic carbocycles. The van der Waals surface area contributed by atoms with Gasteiger partial charge in [0.05, 0.1) is 26.5 Å². The fourth-order valence-electron chi connectivity index (χ4n) is 3.45. The number of guanidine groups is 1. The van der Waals surface area contributed by atoms with E-state index in [0.717, 1.165) is 22.6 Å². The van der Waals surface area contributed by atoms with Crippen LogP contribution in [0.1, 0.15) is 17.0 Å². The molecule has 0 saturated heterocycles. The number of aryl methyl sites for hydroxylation is 2. The van der Waals surface area contributed by atoms with Crippen LogP contribution in [0.2, 0.25) is 0 Å². The van der Waals surface area contributed by atoms with Gasteiger partial charge < -0.3 is 20.1 Å². The van der Waals surface area contributed by atoms with Crippen molar-refractivity contribution >= 4 is 40.6 Å². The molecule has 3 N–H and O–H groups in total. The van der Waals surface area contributed by atoms with Gasteiger partial charge in [0.2, 0.25) is 17.0 Å². The lowest BCUT2D eigenvalue weighted by Gasteiger charge is -2.15. The minimum Gasteiger partial charge on any atom is -0.497 e. The molecule has 2 aromatic heterocycles. The highest BCUT2D eigenvalue weighted by Gasteiger charge is 2.10. The van der Waals surface area contributed by atoms with Crippen molar-refractivity contribution in [1.29, 1.82) is 0 Å². The number of aromatic nitrogens is 5. The summed E-state index contributed by atoms with van der Waals surface area (Å²) in [5.41, 5.74) is 4.18. The van der Waals surface area contributed by atoms with Gasteiger partial charge in [-0.05, 0) is 62.0 Å². The van der Waals surface area contributed by atoms with Gasteiger partial charge in [-0.3, -0.25) is 5.32 Å². The largest absolute Gasteiger partial charge is 0.497 e. The molecule has 0 aliphatic heterocycles. The van der Waals surface area contributed by atoms with Crippen LogP contribution in [0.15, 0.2) is 66.2 Å². The van der Waals surface area contributed by atoms with E-state index in [0.29, 0.717) is 35.6 Å². The van der Waals surface area contributed by atoms with E-state index in [1.54, 1.807) is 43.4 Å². The van der Waals surface area contributed by atoms with E-state index in [1.165, 1.54) is 6.33 Å². The Labute approximate surface area is 220 Å². The molecular weight excluding hydrogens is 490 g/mol. The smallest absolute Gasteiger partial charge is 0.229 e. The molecule has 0 fully saturated rings. The van der Waals surface area contributed by atoms with Crippen LogP contribution >= 0.6 is 12.2 Å². The molecule has 190 valence electrons. The lowest BCUT2D eigenvalue weighted by atomic mass is 10.2. The Morgan fingerprint density at radius 1 is 0.946 bits per heavy atom. The second-order valence-corrected chi connectivity index (χ2v) is 8.36. The summed E-state index contributed by atoms with van der Waals surface area (Å²) in [5, 5.41) is 13.8. The van der Waals surface area contributed by atoms with Crippen molar-refractivity contribution in [1.82, 2.24) is 24.7 Å².